The van der Waals surface area contributed by atoms with Crippen LogP contribution in [-0.4, -0.2) is 64.3 Å². The zero-order valence-electron chi connectivity index (χ0n) is 8.84. The first kappa shape index (κ1) is 15.0. The Bertz CT molecular complexity index is 79.1. The summed E-state index contributed by atoms with van der Waals surface area (Å²) in [5.74, 6) is 0. The van der Waals surface area contributed by atoms with Crippen LogP contribution in [0.25, 0.3) is 0 Å². The molecule has 70 valence electrons. The van der Waals surface area contributed by atoms with Crippen molar-refractivity contribution in [3.63, 3.8) is 0 Å². The summed E-state index contributed by atoms with van der Waals surface area (Å²) in [6.07, 6.45) is 0. The summed E-state index contributed by atoms with van der Waals surface area (Å²) >= 11 is 0. The Kier molecular flexibility index (Phi) is 12.0. The minimum absolute atomic E-state index is 0. The molecule has 4 heteroatoms. The first-order valence-corrected chi connectivity index (χ1v) is 4.00. The van der Waals surface area contributed by atoms with Crippen molar-refractivity contribution in [3.8, 4) is 0 Å². The maximum absolute atomic E-state index is 5.37. The van der Waals surface area contributed by atoms with E-state index in [0.29, 0.717) is 0 Å². The van der Waals surface area contributed by atoms with Gasteiger partial charge >= 0.3 is 0 Å². The maximum Gasteiger partial charge on any atom is 0.0593 e. The van der Waals surface area contributed by atoms with Crippen LogP contribution in [-0.2, 0) is 24.2 Å². The van der Waals surface area contributed by atoms with Gasteiger partial charge in [-0.2, -0.15) is 0 Å². The van der Waals surface area contributed by atoms with E-state index in [9.17, 15) is 0 Å². The summed E-state index contributed by atoms with van der Waals surface area (Å²) in [7, 11) is 8.20. The van der Waals surface area contributed by atoms with Crippen LogP contribution >= 0.6 is 0 Å². The van der Waals surface area contributed by atoms with Crippen LogP contribution in [0.5, 0.6) is 0 Å². The minimum atomic E-state index is 0. The molecule has 0 aromatic carbocycles. The first-order valence-electron chi connectivity index (χ1n) is 4.00. The maximum atomic E-state index is 5.37. The summed E-state index contributed by atoms with van der Waals surface area (Å²) in [5, 5.41) is 0. The summed E-state index contributed by atoms with van der Waals surface area (Å²) in [4.78, 5) is 4.24. The van der Waals surface area contributed by atoms with Gasteiger partial charge in [0.1, 0.15) is 0 Å². The Morgan fingerprint density at radius 1 is 0.833 bits per heavy atom. The zero-order valence-corrected chi connectivity index (χ0v) is 11.8. The molecule has 0 saturated carbocycles. The Labute approximate surface area is 88.8 Å². The van der Waals surface area contributed by atoms with Gasteiger partial charge in [0, 0.05) is 32.6 Å². The fraction of sp³-hybridized carbons (Fsp3) is 1.00. The molecule has 0 unspecified atom stereocenters. The van der Waals surface area contributed by atoms with E-state index in [1.807, 2.05) is 0 Å². The van der Waals surface area contributed by atoms with E-state index in [2.05, 4.69) is 38.0 Å². The molecule has 0 aliphatic carbocycles. The van der Waals surface area contributed by atoms with Gasteiger partial charge in [-0.05, 0) is 28.2 Å². The molecular weight excluding hydrogens is 205 g/mol. The minimum Gasteiger partial charge on any atom is -0.379 e. The summed E-state index contributed by atoms with van der Waals surface area (Å²) in [6.45, 7) is 3.68. The molecule has 0 atom stereocenters. The molecule has 0 rings (SSSR count). The molecular formula is C8H20N2OZn. The topological polar surface area (TPSA) is 15.7 Å². The SMILES string of the molecule is CN(C)CCOCCN(C)C.[Zn]. The van der Waals surface area contributed by atoms with Crippen molar-refractivity contribution >= 4 is 0 Å². The smallest absolute Gasteiger partial charge is 0.0593 e. The molecule has 12 heavy (non-hydrogen) atoms. The van der Waals surface area contributed by atoms with E-state index in [-0.39, 0.29) is 19.5 Å². The molecule has 0 aliphatic heterocycles. The standard InChI is InChI=1S/C8H20N2O.Zn/c1-9(2)5-7-11-8-6-10(3)4;/h5-8H2,1-4H3;. The molecule has 0 aromatic heterocycles. The Balaban J connectivity index is 0. The second-order valence-electron chi connectivity index (χ2n) is 3.22. The van der Waals surface area contributed by atoms with Crippen LogP contribution in [0.2, 0.25) is 0 Å². The monoisotopic (exact) mass is 224 g/mol. The van der Waals surface area contributed by atoms with Gasteiger partial charge in [0.2, 0.25) is 0 Å². The average molecular weight is 226 g/mol. The van der Waals surface area contributed by atoms with Crippen molar-refractivity contribution in [1.82, 2.24) is 9.80 Å². The van der Waals surface area contributed by atoms with Crippen LogP contribution in [0.15, 0.2) is 0 Å². The van der Waals surface area contributed by atoms with Gasteiger partial charge in [0.15, 0.2) is 0 Å². The third-order valence-electron chi connectivity index (χ3n) is 1.37. The summed E-state index contributed by atoms with van der Waals surface area (Å²) < 4.78 is 5.37. The number of rotatable bonds is 6. The quantitative estimate of drug-likeness (QED) is 0.472. The van der Waals surface area contributed by atoms with Crippen LogP contribution in [0.4, 0.5) is 0 Å². The van der Waals surface area contributed by atoms with Crippen molar-refractivity contribution in [2.24, 2.45) is 0 Å². The van der Waals surface area contributed by atoms with Gasteiger partial charge in [-0.3, -0.25) is 0 Å². The summed E-state index contributed by atoms with van der Waals surface area (Å²) in [5.41, 5.74) is 0. The van der Waals surface area contributed by atoms with Crippen molar-refractivity contribution in [1.29, 1.82) is 0 Å². The van der Waals surface area contributed by atoms with Crippen LogP contribution in [0.3, 0.4) is 0 Å². The van der Waals surface area contributed by atoms with E-state index in [1.54, 1.807) is 0 Å². The third-order valence-corrected chi connectivity index (χ3v) is 1.37. The molecule has 0 aromatic rings. The van der Waals surface area contributed by atoms with E-state index < -0.39 is 0 Å². The molecule has 0 amide bonds. The normalized spacial score (nSPS) is 10.5. The molecule has 0 spiro atoms. The molecule has 0 fully saturated rings. The van der Waals surface area contributed by atoms with Gasteiger partial charge in [-0.15, -0.1) is 0 Å². The van der Waals surface area contributed by atoms with Crippen molar-refractivity contribution in [2.75, 3.05) is 54.5 Å². The molecule has 0 aliphatic rings. The molecule has 0 heterocycles. The van der Waals surface area contributed by atoms with E-state index in [4.69, 9.17) is 4.74 Å². The second kappa shape index (κ2) is 9.59. The summed E-state index contributed by atoms with van der Waals surface area (Å²) in [6, 6.07) is 0. The molecule has 0 radical (unpaired) electrons. The van der Waals surface area contributed by atoms with Gasteiger partial charge < -0.3 is 14.5 Å². The van der Waals surface area contributed by atoms with Crippen LogP contribution < -0.4 is 0 Å². The fourth-order valence-corrected chi connectivity index (χ4v) is 0.596. The predicted octanol–water partition coefficient (Wildman–Crippen LogP) is 0.124. The van der Waals surface area contributed by atoms with Gasteiger partial charge in [-0.1, -0.05) is 0 Å². The molecule has 0 N–H and O–H groups in total. The number of ether oxygens (including phenoxy) is 1. The van der Waals surface area contributed by atoms with Crippen molar-refractivity contribution in [3.05, 3.63) is 0 Å². The van der Waals surface area contributed by atoms with E-state index in [0.717, 1.165) is 26.3 Å². The number of likely N-dealkylation sites (N-methyl/N-ethyl adjacent to an activating group) is 2. The number of nitrogens with zero attached hydrogens (tertiary/aromatic N) is 2. The molecule has 3 nitrogen and oxygen atoms in total. The number of hydrogen-bond donors (Lipinski definition) is 0. The fourth-order valence-electron chi connectivity index (χ4n) is 0.596. The van der Waals surface area contributed by atoms with Crippen molar-refractivity contribution in [2.45, 2.75) is 0 Å². The van der Waals surface area contributed by atoms with E-state index in [1.165, 1.54) is 0 Å². The average Bonchev–Trinajstić information content (AvgIpc) is 1.85. The van der Waals surface area contributed by atoms with Crippen molar-refractivity contribution < 1.29 is 24.2 Å². The van der Waals surface area contributed by atoms with Crippen LogP contribution in [0.1, 0.15) is 0 Å². The van der Waals surface area contributed by atoms with E-state index >= 15 is 0 Å². The Morgan fingerprint density at radius 3 is 1.42 bits per heavy atom. The molecule has 0 bridgehead atoms. The zero-order chi connectivity index (χ0) is 8.69. The van der Waals surface area contributed by atoms with Gasteiger partial charge in [0.25, 0.3) is 0 Å². The Hall–Kier alpha value is 0.503. The number of hydrogen-bond acceptors (Lipinski definition) is 3. The van der Waals surface area contributed by atoms with Crippen LogP contribution in [0, 0.1) is 0 Å². The largest absolute Gasteiger partial charge is 0.379 e. The Morgan fingerprint density at radius 2 is 1.17 bits per heavy atom. The third kappa shape index (κ3) is 13.1. The first-order chi connectivity index (χ1) is 5.13. The van der Waals surface area contributed by atoms with Gasteiger partial charge in [-0.25, -0.2) is 0 Å². The molecule has 0 saturated heterocycles. The second-order valence-corrected chi connectivity index (χ2v) is 3.22. The predicted molar refractivity (Wildman–Crippen MR) is 47.9 cm³/mol. The van der Waals surface area contributed by atoms with Gasteiger partial charge in [0.05, 0.1) is 13.2 Å².